The Balaban J connectivity index is 2.16. The minimum atomic E-state index is -4.60. The Morgan fingerprint density at radius 1 is 1.26 bits per heavy atom. The van der Waals surface area contributed by atoms with Gasteiger partial charge in [0.2, 0.25) is 11.7 Å². The summed E-state index contributed by atoms with van der Waals surface area (Å²) in [6, 6.07) is 0. The van der Waals surface area contributed by atoms with Crippen LogP contribution in [0.3, 0.4) is 0 Å². The highest BCUT2D eigenvalue weighted by atomic mass is 19.4. The minimum absolute atomic E-state index is 0.000231. The van der Waals surface area contributed by atoms with Gasteiger partial charge in [-0.25, -0.2) is 0 Å². The highest BCUT2D eigenvalue weighted by Crippen LogP contribution is 2.29. The quantitative estimate of drug-likeness (QED) is 0.776. The van der Waals surface area contributed by atoms with Gasteiger partial charge in [0, 0.05) is 13.1 Å². The van der Waals surface area contributed by atoms with Crippen LogP contribution in [0.2, 0.25) is 0 Å². The molecule has 19 heavy (non-hydrogen) atoms. The lowest BCUT2D eigenvalue weighted by Crippen LogP contribution is -2.40. The summed E-state index contributed by atoms with van der Waals surface area (Å²) in [5.41, 5.74) is 0. The molecule has 0 radical (unpaired) electrons. The molecule has 10 heteroatoms. The molecule has 0 saturated heterocycles. The Morgan fingerprint density at radius 3 is 2.53 bits per heavy atom. The SMILES string of the molecule is O=C(O)CC(=O)N1CCn2c(nnc2C(F)(F)F)C1. The standard InChI is InChI=1S/C9H9F3N4O3/c10-9(11,12)8-14-13-5-4-15(1-2-16(5)8)6(17)3-7(18)19/h1-4H2,(H,18,19). The molecule has 7 nitrogen and oxygen atoms in total. The van der Waals surface area contributed by atoms with E-state index in [1.54, 1.807) is 0 Å². The van der Waals surface area contributed by atoms with E-state index < -0.39 is 30.3 Å². The van der Waals surface area contributed by atoms with E-state index in [1.807, 2.05) is 0 Å². The molecule has 0 bridgehead atoms. The van der Waals surface area contributed by atoms with Gasteiger partial charge in [-0.1, -0.05) is 0 Å². The van der Waals surface area contributed by atoms with Gasteiger partial charge in [-0.15, -0.1) is 10.2 Å². The van der Waals surface area contributed by atoms with Crippen molar-refractivity contribution >= 4 is 11.9 Å². The van der Waals surface area contributed by atoms with Crippen molar-refractivity contribution in [2.75, 3.05) is 6.54 Å². The molecule has 1 aromatic rings. The number of carboxylic acid groups (broad SMARTS) is 1. The van der Waals surface area contributed by atoms with Crippen LogP contribution >= 0.6 is 0 Å². The normalized spacial score (nSPS) is 15.2. The average Bonchev–Trinajstić information content (AvgIpc) is 2.69. The average molecular weight is 278 g/mol. The number of fused-ring (bicyclic) bond motifs is 1. The van der Waals surface area contributed by atoms with Crippen molar-refractivity contribution in [3.8, 4) is 0 Å². The lowest BCUT2D eigenvalue weighted by atomic mass is 10.3. The van der Waals surface area contributed by atoms with Crippen LogP contribution in [0.15, 0.2) is 0 Å². The first-order valence-electron chi connectivity index (χ1n) is 5.28. The summed E-state index contributed by atoms with van der Waals surface area (Å²) in [4.78, 5) is 23.0. The number of halogens is 3. The van der Waals surface area contributed by atoms with Crippen molar-refractivity contribution in [2.45, 2.75) is 25.7 Å². The van der Waals surface area contributed by atoms with Gasteiger partial charge in [0.25, 0.3) is 0 Å². The Labute approximate surface area is 104 Å². The monoisotopic (exact) mass is 278 g/mol. The van der Waals surface area contributed by atoms with E-state index in [9.17, 15) is 22.8 Å². The minimum Gasteiger partial charge on any atom is -0.481 e. The molecule has 0 saturated carbocycles. The van der Waals surface area contributed by atoms with Crippen LogP contribution in [0.4, 0.5) is 13.2 Å². The zero-order chi connectivity index (χ0) is 14.2. The van der Waals surface area contributed by atoms with E-state index in [0.717, 1.165) is 9.47 Å². The maximum Gasteiger partial charge on any atom is 0.451 e. The predicted molar refractivity (Wildman–Crippen MR) is 52.7 cm³/mol. The fourth-order valence-corrected chi connectivity index (χ4v) is 1.82. The van der Waals surface area contributed by atoms with E-state index in [2.05, 4.69) is 10.2 Å². The van der Waals surface area contributed by atoms with E-state index in [1.165, 1.54) is 0 Å². The van der Waals surface area contributed by atoms with Gasteiger partial charge in [-0.3, -0.25) is 9.59 Å². The highest BCUT2D eigenvalue weighted by Gasteiger charge is 2.39. The van der Waals surface area contributed by atoms with E-state index >= 15 is 0 Å². The smallest absolute Gasteiger partial charge is 0.451 e. The van der Waals surface area contributed by atoms with E-state index in [-0.39, 0.29) is 25.5 Å². The number of carbonyl (C=O) groups is 2. The zero-order valence-electron chi connectivity index (χ0n) is 9.51. The number of aliphatic carboxylic acids is 1. The van der Waals surface area contributed by atoms with Crippen molar-refractivity contribution in [3.63, 3.8) is 0 Å². The summed E-state index contributed by atoms with van der Waals surface area (Å²) in [6.45, 7) is -0.280. The molecular formula is C9H9F3N4O3. The molecule has 0 fully saturated rings. The molecule has 1 aliphatic rings. The fourth-order valence-electron chi connectivity index (χ4n) is 1.82. The number of hydrogen-bond acceptors (Lipinski definition) is 4. The zero-order valence-corrected chi connectivity index (χ0v) is 9.51. The largest absolute Gasteiger partial charge is 0.481 e. The molecule has 1 N–H and O–H groups in total. The molecule has 2 rings (SSSR count). The number of carboxylic acids is 1. The van der Waals surface area contributed by atoms with Crippen LogP contribution in [-0.4, -0.2) is 43.2 Å². The van der Waals surface area contributed by atoms with Crippen LogP contribution in [-0.2, 0) is 28.9 Å². The number of nitrogens with zero attached hydrogens (tertiary/aromatic N) is 4. The van der Waals surface area contributed by atoms with Gasteiger partial charge in [0.05, 0.1) is 6.54 Å². The summed E-state index contributed by atoms with van der Waals surface area (Å²) in [6.07, 6.45) is -5.29. The number of aromatic nitrogens is 3. The molecule has 104 valence electrons. The molecule has 2 heterocycles. The predicted octanol–water partition coefficient (Wildman–Crippen LogP) is 0.114. The number of carbonyl (C=O) groups excluding carboxylic acids is 1. The third-order valence-corrected chi connectivity index (χ3v) is 2.66. The van der Waals surface area contributed by atoms with Gasteiger partial charge in [0.1, 0.15) is 6.42 Å². The second-order valence-electron chi connectivity index (χ2n) is 3.98. The summed E-state index contributed by atoms with van der Waals surface area (Å²) in [5.74, 6) is -3.05. The second kappa shape index (κ2) is 4.52. The molecule has 0 atom stereocenters. The maximum atomic E-state index is 12.6. The number of alkyl halides is 3. The van der Waals surface area contributed by atoms with Crippen LogP contribution in [0.1, 0.15) is 18.1 Å². The lowest BCUT2D eigenvalue weighted by Gasteiger charge is -2.27. The van der Waals surface area contributed by atoms with E-state index in [4.69, 9.17) is 5.11 Å². The third-order valence-electron chi connectivity index (χ3n) is 2.66. The first-order valence-corrected chi connectivity index (χ1v) is 5.28. The summed E-state index contributed by atoms with van der Waals surface area (Å²) in [5, 5.41) is 14.9. The summed E-state index contributed by atoms with van der Waals surface area (Å²) < 4.78 is 38.6. The van der Waals surface area contributed by atoms with Gasteiger partial charge < -0.3 is 14.6 Å². The Hall–Kier alpha value is -2.13. The topological polar surface area (TPSA) is 88.3 Å². The summed E-state index contributed by atoms with van der Waals surface area (Å²) in [7, 11) is 0. The van der Waals surface area contributed by atoms with Crippen molar-refractivity contribution in [1.82, 2.24) is 19.7 Å². The first-order chi connectivity index (χ1) is 8.79. The first kappa shape index (κ1) is 13.3. The molecule has 0 aliphatic carbocycles. The molecular weight excluding hydrogens is 269 g/mol. The summed E-state index contributed by atoms with van der Waals surface area (Å²) >= 11 is 0. The molecule has 1 amide bonds. The molecule has 1 aromatic heterocycles. The molecule has 0 spiro atoms. The van der Waals surface area contributed by atoms with E-state index in [0.29, 0.717) is 0 Å². The lowest BCUT2D eigenvalue weighted by molar-refractivity contribution is -0.148. The van der Waals surface area contributed by atoms with Gasteiger partial charge in [-0.05, 0) is 0 Å². The maximum absolute atomic E-state index is 12.6. The Bertz CT molecular complexity index is 525. The van der Waals surface area contributed by atoms with Crippen LogP contribution in [0, 0.1) is 0 Å². The number of amides is 1. The highest BCUT2D eigenvalue weighted by molar-refractivity contribution is 5.93. The van der Waals surface area contributed by atoms with Crippen molar-refractivity contribution < 1.29 is 27.9 Å². The molecule has 0 aromatic carbocycles. The van der Waals surface area contributed by atoms with Crippen LogP contribution in [0.25, 0.3) is 0 Å². The van der Waals surface area contributed by atoms with Crippen molar-refractivity contribution in [3.05, 3.63) is 11.6 Å². The Morgan fingerprint density at radius 2 is 1.95 bits per heavy atom. The van der Waals surface area contributed by atoms with Gasteiger partial charge in [-0.2, -0.15) is 13.2 Å². The molecule has 1 aliphatic heterocycles. The van der Waals surface area contributed by atoms with Crippen molar-refractivity contribution in [2.24, 2.45) is 0 Å². The molecule has 0 unspecified atom stereocenters. The second-order valence-corrected chi connectivity index (χ2v) is 3.98. The Kier molecular flexibility index (Phi) is 3.16. The third kappa shape index (κ3) is 2.66. The number of rotatable bonds is 2. The fraction of sp³-hybridized carbons (Fsp3) is 0.556. The van der Waals surface area contributed by atoms with Crippen LogP contribution < -0.4 is 0 Å². The van der Waals surface area contributed by atoms with Gasteiger partial charge >= 0.3 is 12.1 Å². The van der Waals surface area contributed by atoms with Gasteiger partial charge in [0.15, 0.2) is 5.82 Å². The van der Waals surface area contributed by atoms with Crippen molar-refractivity contribution in [1.29, 1.82) is 0 Å². The number of hydrogen-bond donors (Lipinski definition) is 1. The van der Waals surface area contributed by atoms with Crippen LogP contribution in [0.5, 0.6) is 0 Å².